The maximum Gasteiger partial charge on any atom is 0.243 e. The van der Waals surface area contributed by atoms with Gasteiger partial charge in [-0.1, -0.05) is 44.2 Å². The monoisotopic (exact) mass is 703 g/mol. The standard InChI is InChI=1S/C39H49N3O7S/c1-26(2)24-42(50(46,47)35-15-13-34(48-7)14-16-35)25-38(45)30(19-29-11-9-8-10-12-29)23-37(44)32-20-31(21-33(22-32)41(5)6)36(43)17-18-39-27(3)40-28(4)49-39/h8-16,20-22,26,30,38,45H,17-19,23-25H2,1-7H3/t30-,38-/m1/s1. The van der Waals surface area contributed by atoms with E-state index < -0.39 is 22.0 Å². The number of carbonyl (C=O) groups is 2. The van der Waals surface area contributed by atoms with Crippen LogP contribution in [0.25, 0.3) is 0 Å². The van der Waals surface area contributed by atoms with E-state index in [0.717, 1.165) is 11.3 Å². The Bertz CT molecular complexity index is 1850. The van der Waals surface area contributed by atoms with Gasteiger partial charge in [-0.05, 0) is 73.2 Å². The summed E-state index contributed by atoms with van der Waals surface area (Å²) >= 11 is 0. The van der Waals surface area contributed by atoms with Gasteiger partial charge < -0.3 is 19.2 Å². The Balaban J connectivity index is 1.62. The number of hydrogen-bond donors (Lipinski definition) is 1. The molecule has 0 fully saturated rings. The number of aryl methyl sites for hydroxylation is 3. The summed E-state index contributed by atoms with van der Waals surface area (Å²) in [7, 11) is 1.21. The average molecular weight is 704 g/mol. The van der Waals surface area contributed by atoms with Crippen LogP contribution in [0.2, 0.25) is 0 Å². The molecule has 0 amide bonds. The number of ketones is 2. The second kappa shape index (κ2) is 17.1. The van der Waals surface area contributed by atoms with Crippen molar-refractivity contribution in [2.24, 2.45) is 11.8 Å². The van der Waals surface area contributed by atoms with Gasteiger partial charge in [0.05, 0.1) is 23.8 Å². The van der Waals surface area contributed by atoms with E-state index in [2.05, 4.69) is 4.98 Å². The molecule has 0 saturated heterocycles. The first kappa shape index (κ1) is 38.5. The van der Waals surface area contributed by atoms with E-state index in [0.29, 0.717) is 47.1 Å². The van der Waals surface area contributed by atoms with Crippen molar-refractivity contribution < 1.29 is 32.3 Å². The molecule has 0 aliphatic carbocycles. The maximum absolute atomic E-state index is 14.1. The first-order valence-electron chi connectivity index (χ1n) is 16.9. The number of aliphatic hydroxyl groups is 1. The summed E-state index contributed by atoms with van der Waals surface area (Å²) in [4.78, 5) is 33.7. The molecule has 0 radical (unpaired) electrons. The molecular formula is C39H49N3O7S. The van der Waals surface area contributed by atoms with Crippen LogP contribution in [0.15, 0.2) is 82.1 Å². The lowest BCUT2D eigenvalue weighted by Crippen LogP contribution is -2.43. The molecule has 50 heavy (non-hydrogen) atoms. The molecule has 1 heterocycles. The zero-order valence-corrected chi connectivity index (χ0v) is 30.9. The van der Waals surface area contributed by atoms with Crippen LogP contribution in [0.4, 0.5) is 5.69 Å². The fourth-order valence-electron chi connectivity index (χ4n) is 5.92. The third kappa shape index (κ3) is 10.1. The van der Waals surface area contributed by atoms with E-state index in [1.54, 1.807) is 37.3 Å². The van der Waals surface area contributed by atoms with Crippen molar-refractivity contribution in [1.29, 1.82) is 0 Å². The molecule has 11 heteroatoms. The molecule has 0 bridgehead atoms. The SMILES string of the molecule is COc1ccc(S(=O)(=O)N(CC(C)C)C[C@@H](O)[C@@H](CC(=O)c2cc(C(=O)CCc3oc(C)nc3C)cc(N(C)C)c2)Cc2ccccc2)cc1. The van der Waals surface area contributed by atoms with E-state index in [4.69, 9.17) is 9.15 Å². The smallest absolute Gasteiger partial charge is 0.243 e. The quantitative estimate of drug-likeness (QED) is 0.118. The number of rotatable bonds is 18. The summed E-state index contributed by atoms with van der Waals surface area (Å²) in [6, 6.07) is 20.8. The highest BCUT2D eigenvalue weighted by atomic mass is 32.2. The molecule has 1 N–H and O–H groups in total. The number of aliphatic hydroxyl groups excluding tert-OH is 1. The Kier molecular flexibility index (Phi) is 13.1. The molecule has 0 aliphatic heterocycles. The number of oxazole rings is 1. The van der Waals surface area contributed by atoms with Crippen molar-refractivity contribution in [3.63, 3.8) is 0 Å². The Hall–Kier alpha value is -4.32. The minimum Gasteiger partial charge on any atom is -0.497 e. The van der Waals surface area contributed by atoms with Gasteiger partial charge in [0.15, 0.2) is 17.5 Å². The molecule has 0 saturated carbocycles. The first-order chi connectivity index (χ1) is 23.7. The fraction of sp³-hybridized carbons (Fsp3) is 0.410. The molecular weight excluding hydrogens is 655 g/mol. The van der Waals surface area contributed by atoms with Crippen molar-refractivity contribution in [2.75, 3.05) is 39.2 Å². The van der Waals surface area contributed by atoms with E-state index >= 15 is 0 Å². The number of anilines is 1. The van der Waals surface area contributed by atoms with Crippen LogP contribution in [-0.2, 0) is 22.9 Å². The number of carbonyl (C=O) groups excluding carboxylic acids is 2. The zero-order chi connectivity index (χ0) is 36.6. The Morgan fingerprint density at radius 2 is 1.56 bits per heavy atom. The van der Waals surface area contributed by atoms with Crippen molar-refractivity contribution in [1.82, 2.24) is 9.29 Å². The molecule has 0 unspecified atom stereocenters. The number of aromatic nitrogens is 1. The zero-order valence-electron chi connectivity index (χ0n) is 30.0. The molecule has 4 rings (SSSR count). The molecule has 10 nitrogen and oxygen atoms in total. The summed E-state index contributed by atoms with van der Waals surface area (Å²) in [5.74, 6) is 0.711. The molecule has 0 spiro atoms. The summed E-state index contributed by atoms with van der Waals surface area (Å²) in [6.45, 7) is 7.42. The molecule has 3 aromatic carbocycles. The molecule has 4 aromatic rings. The minimum atomic E-state index is -3.98. The van der Waals surface area contributed by atoms with E-state index in [1.165, 1.54) is 23.5 Å². The number of methoxy groups -OCH3 is 1. The summed E-state index contributed by atoms with van der Waals surface area (Å²) in [6.07, 6.45) is -0.309. The number of nitrogens with zero attached hydrogens (tertiary/aromatic N) is 3. The van der Waals surface area contributed by atoms with E-state index in [9.17, 15) is 23.1 Å². The molecule has 1 aromatic heterocycles. The van der Waals surface area contributed by atoms with Crippen LogP contribution in [-0.4, -0.2) is 74.8 Å². The topological polar surface area (TPSA) is 130 Å². The predicted octanol–water partition coefficient (Wildman–Crippen LogP) is 6.32. The highest BCUT2D eigenvalue weighted by Crippen LogP contribution is 2.27. The van der Waals surface area contributed by atoms with Crippen molar-refractivity contribution in [3.05, 3.63) is 107 Å². The highest BCUT2D eigenvalue weighted by Gasteiger charge is 2.32. The second-order valence-corrected chi connectivity index (χ2v) is 15.3. The highest BCUT2D eigenvalue weighted by molar-refractivity contribution is 7.89. The average Bonchev–Trinajstić information content (AvgIpc) is 3.42. The minimum absolute atomic E-state index is 0.0221. The van der Waals surface area contributed by atoms with Gasteiger partial charge in [0.25, 0.3) is 0 Å². The van der Waals surface area contributed by atoms with Gasteiger partial charge >= 0.3 is 0 Å². The first-order valence-corrected chi connectivity index (χ1v) is 18.3. The molecule has 268 valence electrons. The van der Waals surface area contributed by atoms with Crippen LogP contribution in [0.3, 0.4) is 0 Å². The van der Waals surface area contributed by atoms with Gasteiger partial charge in [-0.15, -0.1) is 0 Å². The molecule has 0 aliphatic rings. The largest absolute Gasteiger partial charge is 0.497 e. The van der Waals surface area contributed by atoms with E-state index in [1.807, 2.05) is 70.1 Å². The number of benzene rings is 3. The van der Waals surface area contributed by atoms with E-state index in [-0.39, 0.29) is 48.3 Å². The Morgan fingerprint density at radius 1 is 0.920 bits per heavy atom. The van der Waals surface area contributed by atoms with Crippen LogP contribution >= 0.6 is 0 Å². The van der Waals surface area contributed by atoms with Crippen LogP contribution < -0.4 is 9.64 Å². The maximum atomic E-state index is 14.1. The van der Waals surface area contributed by atoms with Crippen molar-refractivity contribution >= 4 is 27.3 Å². The van der Waals surface area contributed by atoms with Gasteiger partial charge in [-0.25, -0.2) is 13.4 Å². The van der Waals surface area contributed by atoms with Gasteiger partial charge in [-0.2, -0.15) is 4.31 Å². The number of hydrogen-bond acceptors (Lipinski definition) is 9. The fourth-order valence-corrected chi connectivity index (χ4v) is 7.54. The predicted molar refractivity (Wildman–Crippen MR) is 195 cm³/mol. The lowest BCUT2D eigenvalue weighted by Gasteiger charge is -2.30. The summed E-state index contributed by atoms with van der Waals surface area (Å²) < 4.78 is 39.9. The Morgan fingerprint density at radius 3 is 2.12 bits per heavy atom. The summed E-state index contributed by atoms with van der Waals surface area (Å²) in [5.41, 5.74) is 3.11. The number of sulfonamides is 1. The third-order valence-electron chi connectivity index (χ3n) is 8.65. The van der Waals surface area contributed by atoms with Gasteiger partial charge in [0.1, 0.15) is 11.5 Å². The van der Waals surface area contributed by atoms with Crippen molar-refractivity contribution in [3.8, 4) is 5.75 Å². The second-order valence-electron chi connectivity index (χ2n) is 13.4. The third-order valence-corrected chi connectivity index (χ3v) is 10.5. The van der Waals surface area contributed by atoms with Gasteiger partial charge in [0.2, 0.25) is 10.0 Å². The lowest BCUT2D eigenvalue weighted by atomic mass is 9.87. The van der Waals surface area contributed by atoms with Gasteiger partial charge in [0, 0.05) is 70.2 Å². The number of ether oxygens (including phenoxy) is 1. The molecule has 2 atom stereocenters. The van der Waals surface area contributed by atoms with Crippen LogP contribution in [0.5, 0.6) is 5.75 Å². The van der Waals surface area contributed by atoms with Crippen LogP contribution in [0, 0.1) is 25.7 Å². The van der Waals surface area contributed by atoms with Crippen molar-refractivity contribution in [2.45, 2.75) is 64.4 Å². The number of Topliss-reactive ketones (excluding diaryl/α,β-unsaturated/α-hetero) is 2. The normalized spacial score (nSPS) is 13.0. The van der Waals surface area contributed by atoms with Gasteiger partial charge in [-0.3, -0.25) is 9.59 Å². The summed E-state index contributed by atoms with van der Waals surface area (Å²) in [5, 5.41) is 11.8. The van der Waals surface area contributed by atoms with Crippen LogP contribution in [0.1, 0.15) is 70.3 Å². The lowest BCUT2D eigenvalue weighted by molar-refractivity contribution is 0.0689. The Labute approximate surface area is 296 Å².